The minimum atomic E-state index is -5.01. The van der Waals surface area contributed by atoms with E-state index in [1.54, 1.807) is 6.92 Å². The predicted octanol–water partition coefficient (Wildman–Crippen LogP) is 0.323. The number of alkyl halides is 3. The van der Waals surface area contributed by atoms with Crippen LogP contribution in [0.25, 0.3) is 0 Å². The molecule has 0 aromatic rings. The van der Waals surface area contributed by atoms with Gasteiger partial charge in [0.15, 0.2) is 0 Å². The van der Waals surface area contributed by atoms with Crippen molar-refractivity contribution in [2.45, 2.75) is 19.5 Å². The SMILES string of the molecule is CCOC(=O)CCN(CCO)C(=O)C(F)(F)F. The fourth-order valence-corrected chi connectivity index (χ4v) is 1.07. The zero-order valence-corrected chi connectivity index (χ0v) is 9.29. The number of amides is 1. The van der Waals surface area contributed by atoms with E-state index in [2.05, 4.69) is 4.74 Å². The molecule has 0 radical (unpaired) electrons. The number of nitrogens with zero attached hydrogens (tertiary/aromatic N) is 1. The van der Waals surface area contributed by atoms with Crippen LogP contribution in [0.1, 0.15) is 13.3 Å². The van der Waals surface area contributed by atoms with Gasteiger partial charge in [0.1, 0.15) is 0 Å². The van der Waals surface area contributed by atoms with E-state index in [-0.39, 0.29) is 13.0 Å². The Hall–Kier alpha value is -1.31. The van der Waals surface area contributed by atoms with Gasteiger partial charge < -0.3 is 14.7 Å². The highest BCUT2D eigenvalue weighted by Gasteiger charge is 2.42. The van der Waals surface area contributed by atoms with Gasteiger partial charge in [-0.25, -0.2) is 0 Å². The lowest BCUT2D eigenvalue weighted by Crippen LogP contribution is -2.43. The molecule has 0 fully saturated rings. The van der Waals surface area contributed by atoms with Crippen molar-refractivity contribution >= 4 is 11.9 Å². The first kappa shape index (κ1) is 15.7. The molecule has 0 bridgehead atoms. The van der Waals surface area contributed by atoms with Crippen LogP contribution < -0.4 is 0 Å². The van der Waals surface area contributed by atoms with E-state index in [1.807, 2.05) is 0 Å². The number of halogens is 3. The van der Waals surface area contributed by atoms with Crippen molar-refractivity contribution in [3.63, 3.8) is 0 Å². The van der Waals surface area contributed by atoms with Gasteiger partial charge >= 0.3 is 18.1 Å². The van der Waals surface area contributed by atoms with E-state index in [9.17, 15) is 22.8 Å². The summed E-state index contributed by atoms with van der Waals surface area (Å²) in [4.78, 5) is 22.2. The van der Waals surface area contributed by atoms with E-state index < -0.39 is 37.7 Å². The van der Waals surface area contributed by atoms with Gasteiger partial charge in [0.05, 0.1) is 19.6 Å². The summed E-state index contributed by atoms with van der Waals surface area (Å²) >= 11 is 0. The zero-order chi connectivity index (χ0) is 13.5. The monoisotopic (exact) mass is 257 g/mol. The molecular weight excluding hydrogens is 243 g/mol. The standard InChI is InChI=1S/C9H14F3NO4/c1-2-17-7(15)3-4-13(5-6-14)8(16)9(10,11)12/h14H,2-6H2,1H3. The van der Waals surface area contributed by atoms with Crippen LogP contribution in [0.5, 0.6) is 0 Å². The largest absolute Gasteiger partial charge is 0.471 e. The molecule has 0 aliphatic carbocycles. The van der Waals surface area contributed by atoms with Gasteiger partial charge in [-0.05, 0) is 6.92 Å². The second-order valence-electron chi connectivity index (χ2n) is 3.07. The first-order valence-corrected chi connectivity index (χ1v) is 4.95. The van der Waals surface area contributed by atoms with Gasteiger partial charge in [-0.2, -0.15) is 13.2 Å². The maximum atomic E-state index is 12.1. The minimum Gasteiger partial charge on any atom is -0.466 e. The Morgan fingerprint density at radius 1 is 1.29 bits per heavy atom. The second kappa shape index (κ2) is 7.10. The summed E-state index contributed by atoms with van der Waals surface area (Å²) in [5.74, 6) is -2.76. The Balaban J connectivity index is 4.34. The van der Waals surface area contributed by atoms with E-state index >= 15 is 0 Å². The molecule has 0 atom stereocenters. The highest BCUT2D eigenvalue weighted by Crippen LogP contribution is 2.18. The number of esters is 1. The molecular formula is C9H14F3NO4. The lowest BCUT2D eigenvalue weighted by molar-refractivity contribution is -0.186. The molecule has 0 spiro atoms. The van der Waals surface area contributed by atoms with Gasteiger partial charge in [0.2, 0.25) is 0 Å². The number of hydrogen-bond acceptors (Lipinski definition) is 4. The zero-order valence-electron chi connectivity index (χ0n) is 9.29. The molecule has 8 heteroatoms. The summed E-state index contributed by atoms with van der Waals surface area (Å²) in [6.45, 7) is 0.163. The third-order valence-corrected chi connectivity index (χ3v) is 1.79. The number of hydrogen-bond donors (Lipinski definition) is 1. The van der Waals surface area contributed by atoms with Crippen LogP contribution in [0.2, 0.25) is 0 Å². The number of carbonyl (C=O) groups excluding carboxylic acids is 2. The van der Waals surface area contributed by atoms with Gasteiger partial charge in [-0.3, -0.25) is 9.59 Å². The summed E-state index contributed by atoms with van der Waals surface area (Å²) < 4.78 is 40.8. The molecule has 0 aliphatic rings. The van der Waals surface area contributed by atoms with Crippen LogP contribution in [-0.2, 0) is 14.3 Å². The smallest absolute Gasteiger partial charge is 0.466 e. The molecule has 1 amide bonds. The molecule has 100 valence electrons. The Labute approximate surface area is 96.1 Å². The summed E-state index contributed by atoms with van der Waals surface area (Å²) in [5.41, 5.74) is 0. The number of aliphatic hydroxyl groups is 1. The number of rotatable bonds is 6. The molecule has 0 aromatic heterocycles. The quantitative estimate of drug-likeness (QED) is 0.696. The van der Waals surface area contributed by atoms with E-state index in [0.29, 0.717) is 4.90 Å². The number of carbonyl (C=O) groups is 2. The topological polar surface area (TPSA) is 66.8 Å². The molecule has 0 rings (SSSR count). The molecule has 0 saturated heterocycles. The molecule has 0 saturated carbocycles. The lowest BCUT2D eigenvalue weighted by atomic mass is 10.3. The van der Waals surface area contributed by atoms with Crippen LogP contribution in [0.3, 0.4) is 0 Å². The van der Waals surface area contributed by atoms with Crippen LogP contribution in [0.4, 0.5) is 13.2 Å². The van der Waals surface area contributed by atoms with Crippen molar-refractivity contribution in [1.29, 1.82) is 0 Å². The van der Waals surface area contributed by atoms with Crippen LogP contribution in [0.15, 0.2) is 0 Å². The molecule has 0 aliphatic heterocycles. The molecule has 1 N–H and O–H groups in total. The first-order valence-electron chi connectivity index (χ1n) is 4.95. The van der Waals surface area contributed by atoms with Gasteiger partial charge in [0.25, 0.3) is 0 Å². The highest BCUT2D eigenvalue weighted by atomic mass is 19.4. The predicted molar refractivity (Wildman–Crippen MR) is 51.0 cm³/mol. The maximum Gasteiger partial charge on any atom is 0.471 e. The Morgan fingerprint density at radius 2 is 1.88 bits per heavy atom. The van der Waals surface area contributed by atoms with Crippen molar-refractivity contribution < 1.29 is 32.6 Å². The van der Waals surface area contributed by atoms with Crippen LogP contribution in [-0.4, -0.2) is 54.4 Å². The van der Waals surface area contributed by atoms with Gasteiger partial charge in [0, 0.05) is 13.1 Å². The fourth-order valence-electron chi connectivity index (χ4n) is 1.07. The highest BCUT2D eigenvalue weighted by molar-refractivity contribution is 5.82. The molecule has 0 heterocycles. The summed E-state index contributed by atoms with van der Waals surface area (Å²) in [7, 11) is 0. The van der Waals surface area contributed by atoms with Gasteiger partial charge in [-0.15, -0.1) is 0 Å². The third-order valence-electron chi connectivity index (χ3n) is 1.79. The Bertz CT molecular complexity index is 267. The fraction of sp³-hybridized carbons (Fsp3) is 0.778. The first-order chi connectivity index (χ1) is 7.82. The number of ether oxygens (including phenoxy) is 1. The summed E-state index contributed by atoms with van der Waals surface area (Å²) in [6, 6.07) is 0. The molecule has 5 nitrogen and oxygen atoms in total. The van der Waals surface area contributed by atoms with Gasteiger partial charge in [-0.1, -0.05) is 0 Å². The maximum absolute atomic E-state index is 12.1. The number of aliphatic hydroxyl groups excluding tert-OH is 1. The van der Waals surface area contributed by atoms with Crippen molar-refractivity contribution in [1.82, 2.24) is 4.90 Å². The van der Waals surface area contributed by atoms with Crippen molar-refractivity contribution in [2.24, 2.45) is 0 Å². The van der Waals surface area contributed by atoms with E-state index in [0.717, 1.165) is 0 Å². The average molecular weight is 257 g/mol. The third kappa shape index (κ3) is 6.10. The summed E-state index contributed by atoms with van der Waals surface area (Å²) in [6.07, 6.45) is -5.35. The van der Waals surface area contributed by atoms with E-state index in [4.69, 9.17) is 5.11 Å². The Morgan fingerprint density at radius 3 is 2.29 bits per heavy atom. The molecule has 0 unspecified atom stereocenters. The van der Waals surface area contributed by atoms with Crippen LogP contribution in [0, 0.1) is 0 Å². The Kier molecular flexibility index (Phi) is 6.55. The van der Waals surface area contributed by atoms with Crippen molar-refractivity contribution in [2.75, 3.05) is 26.3 Å². The average Bonchev–Trinajstić information content (AvgIpc) is 2.22. The van der Waals surface area contributed by atoms with Crippen molar-refractivity contribution in [3.05, 3.63) is 0 Å². The molecule has 17 heavy (non-hydrogen) atoms. The second-order valence-corrected chi connectivity index (χ2v) is 3.07. The van der Waals surface area contributed by atoms with Crippen LogP contribution >= 0.6 is 0 Å². The normalized spacial score (nSPS) is 11.1. The van der Waals surface area contributed by atoms with Crippen molar-refractivity contribution in [3.8, 4) is 0 Å². The molecule has 0 aromatic carbocycles. The minimum absolute atomic E-state index is 0.117. The summed E-state index contributed by atoms with van der Waals surface area (Å²) in [5, 5.41) is 8.54. The van der Waals surface area contributed by atoms with E-state index in [1.165, 1.54) is 0 Å². The lowest BCUT2D eigenvalue weighted by Gasteiger charge is -2.22.